The van der Waals surface area contributed by atoms with E-state index in [0.717, 1.165) is 6.92 Å². The Labute approximate surface area is 248 Å². The molecule has 6 N–H and O–H groups in total. The minimum Gasteiger partial charge on any atom is -0.547 e. The van der Waals surface area contributed by atoms with E-state index in [-0.39, 0.29) is 40.9 Å². The molecule has 2 aliphatic rings. The molecule has 15 nitrogen and oxygen atoms in total. The van der Waals surface area contributed by atoms with E-state index in [2.05, 4.69) is 5.32 Å². The molecule has 1 aromatic heterocycles. The van der Waals surface area contributed by atoms with Crippen LogP contribution in [0, 0.1) is 6.92 Å². The van der Waals surface area contributed by atoms with Gasteiger partial charge in [-0.1, -0.05) is 0 Å². The molecule has 2 aliphatic heterocycles. The van der Waals surface area contributed by atoms with E-state index in [1.807, 2.05) is 0 Å². The third kappa shape index (κ3) is 6.66. The average molecular weight is 577 g/mol. The molecule has 40 heavy (non-hydrogen) atoms. The van der Waals surface area contributed by atoms with Gasteiger partial charge in [-0.3, -0.25) is 4.79 Å². The summed E-state index contributed by atoms with van der Waals surface area (Å²) in [6, 6.07) is 4.17. The number of hydrogen-bond donors (Lipinski definition) is 6. The molecule has 1 amide bonds. The van der Waals surface area contributed by atoms with Gasteiger partial charge in [0.25, 0.3) is 0 Å². The molecule has 0 unspecified atom stereocenters. The maximum absolute atomic E-state index is 11.9. The zero-order chi connectivity index (χ0) is 28.6. The maximum atomic E-state index is 11.9. The summed E-state index contributed by atoms with van der Waals surface area (Å²) >= 11 is 0. The Morgan fingerprint density at radius 1 is 1.02 bits per heavy atom. The zero-order valence-corrected chi connectivity index (χ0v) is 23.7. The number of carboxylic acids is 1. The molecular formula is C24H28NNaO14. The average Bonchev–Trinajstić information content (AvgIpc) is 2.87. The van der Waals surface area contributed by atoms with Gasteiger partial charge in [0, 0.05) is 24.4 Å². The van der Waals surface area contributed by atoms with Gasteiger partial charge >= 0.3 is 35.2 Å². The number of aliphatic hydroxyl groups is 5. The minimum absolute atomic E-state index is 0. The van der Waals surface area contributed by atoms with Gasteiger partial charge in [0.2, 0.25) is 12.2 Å². The Bertz CT molecular complexity index is 1270. The Kier molecular flexibility index (Phi) is 10.7. The number of aryl methyl sites for hydroxylation is 1. The van der Waals surface area contributed by atoms with E-state index in [0.29, 0.717) is 10.9 Å². The van der Waals surface area contributed by atoms with Crippen molar-refractivity contribution >= 4 is 22.8 Å². The van der Waals surface area contributed by atoms with Crippen LogP contribution in [0.4, 0.5) is 0 Å². The first-order valence-corrected chi connectivity index (χ1v) is 11.9. The molecule has 1 aromatic carbocycles. The van der Waals surface area contributed by atoms with E-state index in [1.165, 1.54) is 18.2 Å². The molecule has 214 valence electrons. The summed E-state index contributed by atoms with van der Waals surface area (Å²) in [5, 5.41) is 66.4. The van der Waals surface area contributed by atoms with Crippen LogP contribution in [0.15, 0.2) is 33.5 Å². The van der Waals surface area contributed by atoms with E-state index >= 15 is 0 Å². The number of nitrogens with one attached hydrogen (secondary N) is 1. The van der Waals surface area contributed by atoms with Gasteiger partial charge in [0.1, 0.15) is 60.1 Å². The molecule has 3 heterocycles. The Morgan fingerprint density at radius 3 is 2.35 bits per heavy atom. The molecule has 0 bridgehead atoms. The minimum atomic E-state index is -2.06. The molecule has 0 spiro atoms. The quantitative estimate of drug-likeness (QED) is 0.133. The van der Waals surface area contributed by atoms with Crippen molar-refractivity contribution in [1.82, 2.24) is 5.32 Å². The van der Waals surface area contributed by atoms with Crippen molar-refractivity contribution in [1.29, 1.82) is 0 Å². The Hall–Kier alpha value is -2.15. The summed E-state index contributed by atoms with van der Waals surface area (Å²) in [5.41, 5.74) is 0.179. The van der Waals surface area contributed by atoms with Gasteiger partial charge in [-0.2, -0.15) is 0 Å². The van der Waals surface area contributed by atoms with Crippen LogP contribution in [0.5, 0.6) is 5.75 Å². The second kappa shape index (κ2) is 13.2. The summed E-state index contributed by atoms with van der Waals surface area (Å²) in [7, 11) is 0. The molecule has 10 atom stereocenters. The number of fused-ring (bicyclic) bond motifs is 1. The molecule has 0 aliphatic carbocycles. The summed E-state index contributed by atoms with van der Waals surface area (Å²) in [6.45, 7) is 2.02. The van der Waals surface area contributed by atoms with Crippen LogP contribution in [0.3, 0.4) is 0 Å². The summed E-state index contributed by atoms with van der Waals surface area (Å²) in [6.07, 6.45) is -16.1. The van der Waals surface area contributed by atoms with Crippen molar-refractivity contribution in [2.45, 2.75) is 75.2 Å². The van der Waals surface area contributed by atoms with Crippen LogP contribution in [0.25, 0.3) is 11.0 Å². The van der Waals surface area contributed by atoms with Gasteiger partial charge in [-0.05, 0) is 24.6 Å². The molecular weight excluding hydrogens is 549 g/mol. The summed E-state index contributed by atoms with van der Waals surface area (Å²) in [5.74, 6) is -2.53. The van der Waals surface area contributed by atoms with Gasteiger partial charge in [0.05, 0.1) is 12.6 Å². The molecule has 2 aromatic rings. The summed E-state index contributed by atoms with van der Waals surface area (Å²) < 4.78 is 27.0. The number of carbonyl (C=O) groups excluding carboxylic acids is 2. The zero-order valence-electron chi connectivity index (χ0n) is 21.7. The van der Waals surface area contributed by atoms with Gasteiger partial charge in [-0.15, -0.1) is 0 Å². The van der Waals surface area contributed by atoms with Crippen LogP contribution in [0.2, 0.25) is 0 Å². The second-order valence-corrected chi connectivity index (χ2v) is 9.28. The fraction of sp³-hybridized carbons (Fsp3) is 0.542. The van der Waals surface area contributed by atoms with Crippen molar-refractivity contribution in [3.8, 4) is 5.75 Å². The van der Waals surface area contributed by atoms with Crippen LogP contribution < -0.4 is 50.3 Å². The van der Waals surface area contributed by atoms with Crippen molar-refractivity contribution in [2.75, 3.05) is 6.61 Å². The third-order valence-electron chi connectivity index (χ3n) is 6.49. The molecule has 16 heteroatoms. The number of aliphatic carboxylic acids is 1. The first-order valence-electron chi connectivity index (χ1n) is 11.9. The van der Waals surface area contributed by atoms with Crippen LogP contribution in [-0.2, 0) is 23.8 Å². The normalized spacial score (nSPS) is 34.1. The maximum Gasteiger partial charge on any atom is 1.00 e. The van der Waals surface area contributed by atoms with Gasteiger partial charge in [0.15, 0.2) is 6.29 Å². The van der Waals surface area contributed by atoms with E-state index < -0.39 is 85.5 Å². The molecule has 0 saturated carbocycles. The Morgan fingerprint density at radius 2 is 1.73 bits per heavy atom. The standard InChI is InChI=1S/C24H29NO14.Na/c1-8-5-14(28)36-12-6-10(3-4-11(8)12)35-24-19(32)18(31)20(21(39-24)22(33)34)38-23-15(25-9(2)27)17(30)16(29)13(7-26)37-23;/h3-6,13,15-21,23-24,26,29-32H,7H2,1-2H3,(H,25,27)(H,33,34);/q;+1/p-1/t13-,15-,16-,17-,18-,19-,20+,21+,23-,24-;/m1./s1. The smallest absolute Gasteiger partial charge is 0.547 e. The van der Waals surface area contributed by atoms with Crippen molar-refractivity contribution < 1.29 is 93.2 Å². The number of rotatable bonds is 7. The number of amides is 1. The van der Waals surface area contributed by atoms with Crippen molar-refractivity contribution in [3.05, 3.63) is 40.2 Å². The van der Waals surface area contributed by atoms with E-state index in [9.17, 15) is 45.0 Å². The first kappa shape index (κ1) is 32.4. The number of benzene rings is 1. The van der Waals surface area contributed by atoms with E-state index in [4.69, 9.17) is 23.4 Å². The number of ether oxygens (including phenoxy) is 4. The van der Waals surface area contributed by atoms with Crippen molar-refractivity contribution in [2.24, 2.45) is 0 Å². The fourth-order valence-electron chi connectivity index (χ4n) is 4.53. The Balaban J connectivity index is 0.00000441. The number of carbonyl (C=O) groups is 2. The van der Waals surface area contributed by atoms with Crippen molar-refractivity contribution in [3.63, 3.8) is 0 Å². The topological polar surface area (TPSA) is 238 Å². The third-order valence-corrected chi connectivity index (χ3v) is 6.49. The number of carboxylic acid groups (broad SMARTS) is 1. The van der Waals surface area contributed by atoms with Crippen LogP contribution >= 0.6 is 0 Å². The van der Waals surface area contributed by atoms with E-state index in [1.54, 1.807) is 13.0 Å². The number of aliphatic hydroxyl groups excluding tert-OH is 5. The van der Waals surface area contributed by atoms with Gasteiger partial charge < -0.3 is 64.1 Å². The second-order valence-electron chi connectivity index (χ2n) is 9.28. The fourth-order valence-corrected chi connectivity index (χ4v) is 4.53. The predicted molar refractivity (Wildman–Crippen MR) is 124 cm³/mol. The van der Waals surface area contributed by atoms with Gasteiger partial charge in [-0.25, -0.2) is 4.79 Å². The molecule has 4 rings (SSSR count). The SMILES string of the molecule is CC(=O)N[C@H]1[C@@H](O[C@H]2[C@H](O)[C@@H](O)[C@H](Oc3ccc4c(C)cc(=O)oc4c3)O[C@@H]2C(=O)[O-])O[C@H](CO)[C@@H](O)[C@@H]1O.[Na+]. The van der Waals surface area contributed by atoms with Crippen LogP contribution in [0.1, 0.15) is 12.5 Å². The monoisotopic (exact) mass is 577 g/mol. The first-order chi connectivity index (χ1) is 18.4. The predicted octanol–water partition coefficient (Wildman–Crippen LogP) is -6.99. The number of hydrogen-bond acceptors (Lipinski definition) is 14. The van der Waals surface area contributed by atoms with Crippen LogP contribution in [-0.4, -0.2) is 105 Å². The summed E-state index contributed by atoms with van der Waals surface area (Å²) in [4.78, 5) is 35.3. The molecule has 0 radical (unpaired) electrons. The molecule has 2 saturated heterocycles. The largest absolute Gasteiger partial charge is 1.00 e. The molecule has 2 fully saturated rings.